The Hall–Kier alpha value is -1.66. The van der Waals surface area contributed by atoms with E-state index in [-0.39, 0.29) is 24.4 Å². The molecular formula is C15H21FN2O3. The molecule has 1 heterocycles. The first-order valence-electron chi connectivity index (χ1n) is 7.09. The van der Waals surface area contributed by atoms with Gasteiger partial charge in [0, 0.05) is 13.6 Å². The van der Waals surface area contributed by atoms with Gasteiger partial charge in [-0.25, -0.2) is 4.39 Å². The number of rotatable bonds is 6. The van der Waals surface area contributed by atoms with E-state index >= 15 is 0 Å². The molecule has 1 aliphatic rings. The highest BCUT2D eigenvalue weighted by atomic mass is 19.1. The molecule has 0 saturated carbocycles. The van der Waals surface area contributed by atoms with Crippen LogP contribution in [-0.4, -0.2) is 49.8 Å². The van der Waals surface area contributed by atoms with E-state index in [0.29, 0.717) is 19.5 Å². The number of hydrogen-bond acceptors (Lipinski definition) is 4. The molecule has 5 nitrogen and oxygen atoms in total. The first-order chi connectivity index (χ1) is 10.1. The van der Waals surface area contributed by atoms with E-state index < -0.39 is 11.9 Å². The number of hydrogen-bond donors (Lipinski definition) is 1. The summed E-state index contributed by atoms with van der Waals surface area (Å²) in [4.78, 5) is 13.7. The zero-order valence-electron chi connectivity index (χ0n) is 12.1. The lowest BCUT2D eigenvalue weighted by molar-refractivity contribution is -0.141. The predicted octanol–water partition coefficient (Wildman–Crippen LogP) is 1.17. The molecule has 1 fully saturated rings. The molecule has 0 unspecified atom stereocenters. The minimum absolute atomic E-state index is 0.0259. The van der Waals surface area contributed by atoms with Crippen LogP contribution in [0.4, 0.5) is 4.39 Å². The quantitative estimate of drug-likeness (QED) is 0.856. The van der Waals surface area contributed by atoms with Crippen LogP contribution in [0.25, 0.3) is 0 Å². The lowest BCUT2D eigenvalue weighted by Crippen LogP contribution is -2.39. The molecule has 1 aromatic carbocycles. The van der Waals surface area contributed by atoms with Crippen molar-refractivity contribution >= 4 is 5.91 Å². The van der Waals surface area contributed by atoms with Crippen molar-refractivity contribution in [1.29, 1.82) is 0 Å². The molecule has 1 aromatic rings. The van der Waals surface area contributed by atoms with E-state index in [9.17, 15) is 9.18 Å². The summed E-state index contributed by atoms with van der Waals surface area (Å²) in [5, 5.41) is 0. The van der Waals surface area contributed by atoms with Crippen molar-refractivity contribution in [3.63, 3.8) is 0 Å². The third-order valence-corrected chi connectivity index (χ3v) is 3.54. The number of para-hydroxylation sites is 1. The molecule has 1 amide bonds. The predicted molar refractivity (Wildman–Crippen MR) is 76.5 cm³/mol. The molecule has 0 bridgehead atoms. The minimum Gasteiger partial charge on any atom is -0.489 e. The highest BCUT2D eigenvalue weighted by molar-refractivity contribution is 5.80. The smallest absolute Gasteiger partial charge is 0.251 e. The summed E-state index contributed by atoms with van der Waals surface area (Å²) in [5.41, 5.74) is 5.53. The fourth-order valence-electron chi connectivity index (χ4n) is 2.27. The normalized spacial score (nSPS) is 21.3. The Balaban J connectivity index is 1.75. The van der Waals surface area contributed by atoms with Gasteiger partial charge < -0.3 is 20.1 Å². The van der Waals surface area contributed by atoms with E-state index in [4.69, 9.17) is 15.2 Å². The highest BCUT2D eigenvalue weighted by Gasteiger charge is 2.31. The number of benzene rings is 1. The SMILES string of the molecule is CN(CCOc1ccccc1F)C(=O)[C@@H]1CC[C@H](CN)O1. The number of nitrogens with zero attached hydrogens (tertiary/aromatic N) is 1. The molecule has 2 rings (SSSR count). The molecule has 2 atom stereocenters. The van der Waals surface area contributed by atoms with E-state index in [1.165, 1.54) is 6.07 Å². The number of ether oxygens (including phenoxy) is 2. The van der Waals surface area contributed by atoms with E-state index in [2.05, 4.69) is 0 Å². The summed E-state index contributed by atoms with van der Waals surface area (Å²) in [7, 11) is 1.69. The van der Waals surface area contributed by atoms with Crippen molar-refractivity contribution in [3.8, 4) is 5.75 Å². The van der Waals surface area contributed by atoms with E-state index in [0.717, 1.165) is 6.42 Å². The van der Waals surface area contributed by atoms with Gasteiger partial charge in [0.2, 0.25) is 0 Å². The van der Waals surface area contributed by atoms with E-state index in [1.807, 2.05) is 0 Å². The molecule has 0 spiro atoms. The average molecular weight is 296 g/mol. The summed E-state index contributed by atoms with van der Waals surface area (Å²) in [6.07, 6.45) is 1.06. The molecule has 116 valence electrons. The van der Waals surface area contributed by atoms with Gasteiger partial charge in [-0.1, -0.05) is 12.1 Å². The third-order valence-electron chi connectivity index (χ3n) is 3.54. The van der Waals surface area contributed by atoms with Crippen molar-refractivity contribution in [2.45, 2.75) is 25.0 Å². The van der Waals surface area contributed by atoms with Crippen LogP contribution in [0.5, 0.6) is 5.75 Å². The van der Waals surface area contributed by atoms with Gasteiger partial charge in [0.25, 0.3) is 5.91 Å². The lowest BCUT2D eigenvalue weighted by Gasteiger charge is -2.21. The zero-order chi connectivity index (χ0) is 15.2. The second kappa shape index (κ2) is 7.38. The Kier molecular flexibility index (Phi) is 5.52. The monoisotopic (exact) mass is 296 g/mol. The van der Waals surface area contributed by atoms with Crippen LogP contribution in [0.1, 0.15) is 12.8 Å². The molecule has 1 saturated heterocycles. The van der Waals surface area contributed by atoms with Gasteiger partial charge in [0.05, 0.1) is 12.6 Å². The summed E-state index contributed by atoms with van der Waals surface area (Å²) in [5.74, 6) is -0.293. The van der Waals surface area contributed by atoms with Gasteiger partial charge >= 0.3 is 0 Å². The van der Waals surface area contributed by atoms with Gasteiger partial charge in [-0.2, -0.15) is 0 Å². The van der Waals surface area contributed by atoms with Crippen LogP contribution in [0.2, 0.25) is 0 Å². The minimum atomic E-state index is -0.419. The second-order valence-electron chi connectivity index (χ2n) is 5.10. The summed E-state index contributed by atoms with van der Waals surface area (Å²) >= 11 is 0. The van der Waals surface area contributed by atoms with Crippen molar-refractivity contribution in [3.05, 3.63) is 30.1 Å². The molecule has 0 aliphatic carbocycles. The Morgan fingerprint density at radius 3 is 2.90 bits per heavy atom. The van der Waals surface area contributed by atoms with Gasteiger partial charge in [0.1, 0.15) is 12.7 Å². The van der Waals surface area contributed by atoms with Crippen LogP contribution < -0.4 is 10.5 Å². The average Bonchev–Trinajstić information content (AvgIpc) is 2.97. The van der Waals surface area contributed by atoms with Crippen molar-refractivity contribution in [1.82, 2.24) is 4.90 Å². The first kappa shape index (κ1) is 15.7. The Bertz CT molecular complexity index is 484. The second-order valence-corrected chi connectivity index (χ2v) is 5.10. The summed E-state index contributed by atoms with van der Waals surface area (Å²) in [6, 6.07) is 6.20. The molecular weight excluding hydrogens is 275 g/mol. The Morgan fingerprint density at radius 2 is 2.24 bits per heavy atom. The topological polar surface area (TPSA) is 64.8 Å². The molecule has 0 aromatic heterocycles. The summed E-state index contributed by atoms with van der Waals surface area (Å²) in [6.45, 7) is 1.04. The van der Waals surface area contributed by atoms with Crippen molar-refractivity contribution in [2.24, 2.45) is 5.73 Å². The van der Waals surface area contributed by atoms with Gasteiger partial charge in [-0.3, -0.25) is 4.79 Å². The van der Waals surface area contributed by atoms with Crippen LogP contribution in [-0.2, 0) is 9.53 Å². The third kappa shape index (κ3) is 4.15. The largest absolute Gasteiger partial charge is 0.489 e. The van der Waals surface area contributed by atoms with Crippen LogP contribution in [0, 0.1) is 5.82 Å². The zero-order valence-corrected chi connectivity index (χ0v) is 12.1. The highest BCUT2D eigenvalue weighted by Crippen LogP contribution is 2.20. The maximum atomic E-state index is 13.4. The number of likely N-dealkylation sites (N-methyl/N-ethyl adjacent to an activating group) is 1. The number of carbonyl (C=O) groups excluding carboxylic acids is 1. The van der Waals surface area contributed by atoms with Crippen LogP contribution >= 0.6 is 0 Å². The maximum Gasteiger partial charge on any atom is 0.251 e. The number of halogens is 1. The molecule has 1 aliphatic heterocycles. The molecule has 21 heavy (non-hydrogen) atoms. The van der Waals surface area contributed by atoms with Gasteiger partial charge in [-0.15, -0.1) is 0 Å². The lowest BCUT2D eigenvalue weighted by atomic mass is 10.2. The molecule has 2 N–H and O–H groups in total. The first-order valence-corrected chi connectivity index (χ1v) is 7.09. The van der Waals surface area contributed by atoms with Crippen molar-refractivity contribution in [2.75, 3.05) is 26.7 Å². The standard InChI is InChI=1S/C15H21FN2O3/c1-18(15(19)14-7-6-11(10-17)21-14)8-9-20-13-5-3-2-4-12(13)16/h2-5,11,14H,6-10,17H2,1H3/t11-,14+/m1/s1. The fraction of sp³-hybridized carbons (Fsp3) is 0.533. The van der Waals surface area contributed by atoms with Crippen LogP contribution in [0.3, 0.4) is 0 Å². The van der Waals surface area contributed by atoms with Gasteiger partial charge in [-0.05, 0) is 25.0 Å². The van der Waals surface area contributed by atoms with Gasteiger partial charge in [0.15, 0.2) is 11.6 Å². The molecule has 6 heteroatoms. The number of nitrogens with two attached hydrogens (primary N) is 1. The fourth-order valence-corrected chi connectivity index (χ4v) is 2.27. The summed E-state index contributed by atoms with van der Waals surface area (Å²) < 4.78 is 24.3. The number of amides is 1. The Morgan fingerprint density at radius 1 is 1.48 bits per heavy atom. The van der Waals surface area contributed by atoms with E-state index in [1.54, 1.807) is 30.1 Å². The molecule has 0 radical (unpaired) electrons. The number of carbonyl (C=O) groups is 1. The Labute approximate surface area is 123 Å². The maximum absolute atomic E-state index is 13.4. The van der Waals surface area contributed by atoms with Crippen molar-refractivity contribution < 1.29 is 18.7 Å². The van der Waals surface area contributed by atoms with Crippen LogP contribution in [0.15, 0.2) is 24.3 Å².